The summed E-state index contributed by atoms with van der Waals surface area (Å²) in [6, 6.07) is 10.7. The molecule has 0 bridgehead atoms. The minimum atomic E-state index is -0.598. The van der Waals surface area contributed by atoms with Crippen LogP contribution >= 0.6 is 46.4 Å². The van der Waals surface area contributed by atoms with Crippen molar-refractivity contribution in [2.75, 3.05) is 26.4 Å². The third-order valence-electron chi connectivity index (χ3n) is 10.8. The van der Waals surface area contributed by atoms with Gasteiger partial charge in [0, 0.05) is 34.1 Å². The second kappa shape index (κ2) is 15.6. The molecule has 54 heavy (non-hydrogen) atoms. The van der Waals surface area contributed by atoms with Crippen molar-refractivity contribution in [2.45, 2.75) is 99.6 Å². The molecule has 8 atom stereocenters. The van der Waals surface area contributed by atoms with Crippen molar-refractivity contribution in [3.8, 4) is 22.5 Å². The van der Waals surface area contributed by atoms with Crippen LogP contribution < -0.4 is 0 Å². The molecular formula is C38H38Cl4N2O10. The van der Waals surface area contributed by atoms with Gasteiger partial charge in [0.1, 0.15) is 71.7 Å². The zero-order valence-corrected chi connectivity index (χ0v) is 31.9. The van der Waals surface area contributed by atoms with Gasteiger partial charge in [-0.2, -0.15) is 0 Å². The highest BCUT2D eigenvalue weighted by atomic mass is 35.5. The van der Waals surface area contributed by atoms with Crippen LogP contribution in [0.15, 0.2) is 45.4 Å². The summed E-state index contributed by atoms with van der Waals surface area (Å²) in [6.45, 7) is 1.91. The molecule has 2 N–H and O–H groups in total. The predicted octanol–water partition coefficient (Wildman–Crippen LogP) is 7.14. The van der Waals surface area contributed by atoms with E-state index in [1.54, 1.807) is 36.4 Å². The molecule has 6 aliphatic rings. The number of aromatic nitrogens is 2. The molecule has 2 aliphatic carbocycles. The second-order valence-corrected chi connectivity index (χ2v) is 16.1. The lowest BCUT2D eigenvalue weighted by molar-refractivity contribution is -0.0441. The number of hydrogen-bond donors (Lipinski definition) is 2. The largest absolute Gasteiger partial charge is 0.388 e. The molecule has 0 spiro atoms. The maximum atomic E-state index is 9.89. The van der Waals surface area contributed by atoms with Gasteiger partial charge in [-0.25, -0.2) is 0 Å². The van der Waals surface area contributed by atoms with E-state index < -0.39 is 12.2 Å². The number of fused-ring (bicyclic) bond motifs is 2. The number of benzene rings is 2. The number of aliphatic hydroxyl groups excluding tert-OH is 2. The van der Waals surface area contributed by atoms with E-state index in [0.717, 1.165) is 48.3 Å². The summed E-state index contributed by atoms with van der Waals surface area (Å²) in [6.07, 6.45) is 1.46. The Labute approximate surface area is 330 Å². The highest BCUT2D eigenvalue weighted by molar-refractivity contribution is 6.39. The van der Waals surface area contributed by atoms with Crippen molar-refractivity contribution >= 4 is 46.4 Å². The van der Waals surface area contributed by atoms with E-state index in [2.05, 4.69) is 10.3 Å². The molecule has 12 nitrogen and oxygen atoms in total. The van der Waals surface area contributed by atoms with E-state index in [1.165, 1.54) is 0 Å². The summed E-state index contributed by atoms with van der Waals surface area (Å²) < 4.78 is 46.1. The van der Waals surface area contributed by atoms with Gasteiger partial charge >= 0.3 is 0 Å². The molecular weight excluding hydrogens is 786 g/mol. The SMILES string of the molecule is O[C@@H]1CO[C@H]2[C@@H]1OC[C@H]2OCc1c(-c2c(Cl)cccc2Cl)noc1C1CC1.O[C@H]1CO[C@H]2[C@@H]1OC[C@H]2OCc1c(-c2c(Cl)cccc2Cl)noc1C1CC1. The Morgan fingerprint density at radius 2 is 0.926 bits per heavy atom. The minimum absolute atomic E-state index is 0.247. The molecule has 10 rings (SSSR count). The standard InChI is InChI=1S/2C19H19Cl2NO5/c2*20-11-2-1-3-12(21)15(11)16-10(17(27-22-16)9-4-5-9)6-24-14-8-26-18-13(23)7-25-19(14)18/h2*1-3,9,13-14,18-19,23H,4-8H2/t13-,14+,18+,19+;13-,14-,18-,19-/m01/s1. The Balaban J connectivity index is 0.000000142. The average molecular weight is 825 g/mol. The Bertz CT molecular complexity index is 1800. The second-order valence-electron chi connectivity index (χ2n) is 14.5. The Morgan fingerprint density at radius 3 is 1.30 bits per heavy atom. The molecule has 4 aromatic rings. The summed E-state index contributed by atoms with van der Waals surface area (Å²) in [5.41, 5.74) is 4.29. The van der Waals surface area contributed by atoms with Crippen LogP contribution in [-0.2, 0) is 41.6 Å². The van der Waals surface area contributed by atoms with E-state index in [4.69, 9.17) is 83.9 Å². The Kier molecular flexibility index (Phi) is 10.7. The maximum absolute atomic E-state index is 9.89. The third-order valence-corrected chi connectivity index (χ3v) is 12.0. The first-order chi connectivity index (χ1) is 26.3. The molecule has 6 fully saturated rings. The van der Waals surface area contributed by atoms with Crippen LogP contribution in [0.1, 0.15) is 60.2 Å². The predicted molar refractivity (Wildman–Crippen MR) is 196 cm³/mol. The monoisotopic (exact) mass is 822 g/mol. The van der Waals surface area contributed by atoms with Gasteiger partial charge in [-0.1, -0.05) is 68.8 Å². The van der Waals surface area contributed by atoms with Crippen molar-refractivity contribution in [1.82, 2.24) is 10.3 Å². The van der Waals surface area contributed by atoms with Gasteiger partial charge in [-0.15, -0.1) is 0 Å². The molecule has 0 radical (unpaired) electrons. The summed E-state index contributed by atoms with van der Waals surface area (Å²) in [7, 11) is 0. The van der Waals surface area contributed by atoms with Crippen molar-refractivity contribution in [3.05, 3.63) is 79.1 Å². The van der Waals surface area contributed by atoms with Crippen LogP contribution in [0.2, 0.25) is 20.1 Å². The fraction of sp³-hybridized carbons (Fsp3) is 0.526. The summed E-state index contributed by atoms with van der Waals surface area (Å²) in [5.74, 6) is 2.40. The number of nitrogens with zero attached hydrogens (tertiary/aromatic N) is 2. The first kappa shape index (κ1) is 37.3. The van der Waals surface area contributed by atoms with Crippen molar-refractivity contribution < 1.29 is 47.7 Å². The summed E-state index contributed by atoms with van der Waals surface area (Å²) >= 11 is 25.5. The molecule has 2 saturated carbocycles. The highest BCUT2D eigenvalue weighted by Gasteiger charge is 2.49. The smallest absolute Gasteiger partial charge is 0.145 e. The number of hydrogen-bond acceptors (Lipinski definition) is 12. The lowest BCUT2D eigenvalue weighted by Gasteiger charge is -2.17. The molecule has 4 aliphatic heterocycles. The Hall–Kier alpha value is -2.30. The zero-order chi connectivity index (χ0) is 37.1. The van der Waals surface area contributed by atoms with Gasteiger partial charge in [0.2, 0.25) is 0 Å². The first-order valence-electron chi connectivity index (χ1n) is 18.2. The van der Waals surface area contributed by atoms with Crippen LogP contribution in [0.5, 0.6) is 0 Å². The minimum Gasteiger partial charge on any atom is -0.388 e. The highest BCUT2D eigenvalue weighted by Crippen LogP contribution is 2.48. The van der Waals surface area contributed by atoms with Crippen LogP contribution in [0, 0.1) is 0 Å². The molecule has 16 heteroatoms. The topological polar surface area (TPSA) is 148 Å². The number of halogens is 4. The van der Waals surface area contributed by atoms with E-state index in [-0.39, 0.29) is 49.8 Å². The summed E-state index contributed by atoms with van der Waals surface area (Å²) in [5, 5.41) is 30.4. The van der Waals surface area contributed by atoms with E-state index >= 15 is 0 Å². The number of ether oxygens (including phenoxy) is 6. The van der Waals surface area contributed by atoms with Gasteiger partial charge in [0.05, 0.1) is 59.7 Å². The lowest BCUT2D eigenvalue weighted by Crippen LogP contribution is -2.32. The van der Waals surface area contributed by atoms with Crippen LogP contribution in [0.3, 0.4) is 0 Å². The first-order valence-corrected chi connectivity index (χ1v) is 19.7. The molecule has 0 amide bonds. The van der Waals surface area contributed by atoms with Crippen molar-refractivity contribution in [3.63, 3.8) is 0 Å². The molecule has 6 heterocycles. The van der Waals surface area contributed by atoms with E-state index in [9.17, 15) is 10.2 Å². The zero-order valence-electron chi connectivity index (χ0n) is 28.9. The molecule has 2 aromatic heterocycles. The number of rotatable bonds is 10. The fourth-order valence-electron chi connectivity index (χ4n) is 7.65. The fourth-order valence-corrected chi connectivity index (χ4v) is 8.80. The van der Waals surface area contributed by atoms with Crippen LogP contribution in [-0.4, -0.2) is 95.8 Å². The summed E-state index contributed by atoms with van der Waals surface area (Å²) in [4.78, 5) is 0. The maximum Gasteiger partial charge on any atom is 0.145 e. The normalized spacial score (nSPS) is 30.0. The molecule has 288 valence electrons. The molecule has 0 unspecified atom stereocenters. The van der Waals surface area contributed by atoms with Crippen LogP contribution in [0.4, 0.5) is 0 Å². The van der Waals surface area contributed by atoms with Gasteiger partial charge < -0.3 is 47.7 Å². The van der Waals surface area contributed by atoms with Gasteiger partial charge in [-0.05, 0) is 49.9 Å². The van der Waals surface area contributed by atoms with Crippen molar-refractivity contribution in [2.24, 2.45) is 0 Å². The lowest BCUT2D eigenvalue weighted by atomic mass is 10.0. The third kappa shape index (κ3) is 7.23. The van der Waals surface area contributed by atoms with Crippen LogP contribution in [0.25, 0.3) is 22.5 Å². The molecule has 2 aromatic carbocycles. The quantitative estimate of drug-likeness (QED) is 0.168. The van der Waals surface area contributed by atoms with Gasteiger partial charge in [0.25, 0.3) is 0 Å². The van der Waals surface area contributed by atoms with Crippen molar-refractivity contribution in [1.29, 1.82) is 0 Å². The van der Waals surface area contributed by atoms with E-state index in [1.807, 2.05) is 0 Å². The molecule has 4 saturated heterocycles. The number of aliphatic hydroxyl groups is 2. The van der Waals surface area contributed by atoms with Gasteiger partial charge in [-0.3, -0.25) is 0 Å². The van der Waals surface area contributed by atoms with Gasteiger partial charge in [0.15, 0.2) is 0 Å². The van der Waals surface area contributed by atoms with E-state index in [0.29, 0.717) is 80.9 Å². The average Bonchev–Trinajstić information content (AvgIpc) is 3.84. The Morgan fingerprint density at radius 1 is 0.556 bits per heavy atom.